The van der Waals surface area contributed by atoms with Gasteiger partial charge in [0, 0.05) is 0 Å². The number of ether oxygens (including phenoxy) is 1. The third kappa shape index (κ3) is 3.37. The van der Waals surface area contributed by atoms with Gasteiger partial charge in [-0.3, -0.25) is 0 Å². The summed E-state index contributed by atoms with van der Waals surface area (Å²) in [5.74, 6) is -0.186. The van der Waals surface area contributed by atoms with Crippen LogP contribution in [0, 0.1) is 20.8 Å². The lowest BCUT2D eigenvalue weighted by Crippen LogP contribution is -2.01. The fourth-order valence-corrected chi connectivity index (χ4v) is 2.33. The number of aryl methyl sites for hydroxylation is 2. The van der Waals surface area contributed by atoms with Gasteiger partial charge in [-0.25, -0.2) is 4.79 Å². The van der Waals surface area contributed by atoms with Gasteiger partial charge in [-0.2, -0.15) is 0 Å². The predicted octanol–water partition coefficient (Wildman–Crippen LogP) is 4.25. The lowest BCUT2D eigenvalue weighted by Gasteiger charge is -2.10. The van der Waals surface area contributed by atoms with Gasteiger partial charge in [0.25, 0.3) is 0 Å². The first kappa shape index (κ1) is 15.8. The number of benzene rings is 2. The maximum absolute atomic E-state index is 11.6. The second-order valence-corrected chi connectivity index (χ2v) is 5.37. The third-order valence-electron chi connectivity index (χ3n) is 3.90. The highest BCUT2D eigenvalue weighted by Gasteiger charge is 2.12. The molecule has 0 aliphatic heterocycles. The molecule has 2 aromatic rings. The van der Waals surface area contributed by atoms with Crippen molar-refractivity contribution in [1.82, 2.24) is 0 Å². The van der Waals surface area contributed by atoms with Gasteiger partial charge in [0.1, 0.15) is 5.75 Å². The molecule has 3 heteroatoms. The molecular weight excluding hydrogens is 276 g/mol. The molecule has 3 nitrogen and oxygen atoms in total. The van der Waals surface area contributed by atoms with Crippen LogP contribution in [0.25, 0.3) is 11.6 Å². The fourth-order valence-electron chi connectivity index (χ4n) is 2.33. The third-order valence-corrected chi connectivity index (χ3v) is 3.90. The Kier molecular flexibility index (Phi) is 4.66. The van der Waals surface area contributed by atoms with Gasteiger partial charge in [-0.05, 0) is 66.8 Å². The van der Waals surface area contributed by atoms with E-state index in [9.17, 15) is 9.90 Å². The Morgan fingerprint density at radius 1 is 1.05 bits per heavy atom. The maximum Gasteiger partial charge on any atom is 0.336 e. The van der Waals surface area contributed by atoms with Crippen molar-refractivity contribution in [2.24, 2.45) is 0 Å². The maximum atomic E-state index is 11.6. The molecule has 2 rings (SSSR count). The summed E-state index contributed by atoms with van der Waals surface area (Å²) in [7, 11) is 1.60. The van der Waals surface area contributed by atoms with Crippen molar-refractivity contribution in [3.63, 3.8) is 0 Å². The van der Waals surface area contributed by atoms with Crippen molar-refractivity contribution in [2.75, 3.05) is 7.11 Å². The summed E-state index contributed by atoms with van der Waals surface area (Å²) in [6, 6.07) is 11.2. The summed E-state index contributed by atoms with van der Waals surface area (Å²) >= 11 is 0. The average molecular weight is 296 g/mol. The Morgan fingerprint density at radius 3 is 2.05 bits per heavy atom. The number of hydrogen-bond acceptors (Lipinski definition) is 2. The molecule has 0 saturated heterocycles. The quantitative estimate of drug-likeness (QED) is 0.678. The highest BCUT2D eigenvalue weighted by atomic mass is 16.5. The molecule has 0 heterocycles. The van der Waals surface area contributed by atoms with Crippen LogP contribution in [0.5, 0.6) is 5.75 Å². The minimum atomic E-state index is -0.932. The second kappa shape index (κ2) is 6.48. The highest BCUT2D eigenvalue weighted by Crippen LogP contribution is 2.24. The Labute approximate surface area is 130 Å². The summed E-state index contributed by atoms with van der Waals surface area (Å²) < 4.78 is 5.11. The molecule has 22 heavy (non-hydrogen) atoms. The van der Waals surface area contributed by atoms with Crippen LogP contribution in [0.1, 0.15) is 27.8 Å². The summed E-state index contributed by atoms with van der Waals surface area (Å²) in [6.45, 7) is 6.04. The number of methoxy groups -OCH3 is 1. The smallest absolute Gasteiger partial charge is 0.336 e. The molecule has 0 unspecified atom stereocenters. The highest BCUT2D eigenvalue weighted by molar-refractivity contribution is 6.20. The van der Waals surface area contributed by atoms with E-state index in [1.165, 1.54) is 5.56 Å². The Morgan fingerprint density at radius 2 is 1.59 bits per heavy atom. The van der Waals surface area contributed by atoms with Gasteiger partial charge in [-0.15, -0.1) is 0 Å². The van der Waals surface area contributed by atoms with Gasteiger partial charge in [0.05, 0.1) is 12.7 Å². The number of carboxylic acids is 1. The molecule has 0 aliphatic carbocycles. The summed E-state index contributed by atoms with van der Waals surface area (Å²) in [6.07, 6.45) is 1.69. The number of hydrogen-bond donors (Lipinski definition) is 1. The molecule has 0 radical (unpaired) electrons. The van der Waals surface area contributed by atoms with Crippen molar-refractivity contribution >= 4 is 17.6 Å². The Balaban J connectivity index is 2.50. The van der Waals surface area contributed by atoms with E-state index in [0.29, 0.717) is 0 Å². The van der Waals surface area contributed by atoms with Crippen LogP contribution < -0.4 is 4.74 Å². The average Bonchev–Trinajstić information content (AvgIpc) is 2.50. The number of aliphatic carboxylic acids is 1. The minimum absolute atomic E-state index is 0.288. The minimum Gasteiger partial charge on any atom is -0.497 e. The number of rotatable bonds is 4. The molecule has 1 N–H and O–H groups in total. The van der Waals surface area contributed by atoms with Gasteiger partial charge in [-0.1, -0.05) is 24.3 Å². The molecule has 0 bridgehead atoms. The van der Waals surface area contributed by atoms with Crippen molar-refractivity contribution in [2.45, 2.75) is 20.8 Å². The molecule has 0 aromatic heterocycles. The first-order valence-corrected chi connectivity index (χ1v) is 7.09. The van der Waals surface area contributed by atoms with Crippen LogP contribution >= 0.6 is 0 Å². The van der Waals surface area contributed by atoms with E-state index in [0.717, 1.165) is 28.0 Å². The zero-order valence-corrected chi connectivity index (χ0v) is 13.3. The monoisotopic (exact) mass is 296 g/mol. The first-order chi connectivity index (χ1) is 10.4. The lowest BCUT2D eigenvalue weighted by molar-refractivity contribution is -0.130. The number of carboxylic acid groups (broad SMARTS) is 1. The van der Waals surface area contributed by atoms with Crippen LogP contribution in [0.4, 0.5) is 0 Å². The van der Waals surface area contributed by atoms with E-state index in [4.69, 9.17) is 4.74 Å². The van der Waals surface area contributed by atoms with Crippen LogP contribution in [0.3, 0.4) is 0 Å². The SMILES string of the molecule is COc1ccc(/C=C(/C(=O)O)c2cc(C)c(C)c(C)c2)cc1. The van der Waals surface area contributed by atoms with E-state index in [1.54, 1.807) is 13.2 Å². The molecule has 2 aromatic carbocycles. The predicted molar refractivity (Wildman–Crippen MR) is 89.2 cm³/mol. The normalized spacial score (nSPS) is 11.4. The van der Waals surface area contributed by atoms with Gasteiger partial charge < -0.3 is 9.84 Å². The molecule has 114 valence electrons. The molecule has 0 atom stereocenters. The van der Waals surface area contributed by atoms with Crippen LogP contribution in [-0.4, -0.2) is 18.2 Å². The fraction of sp³-hybridized carbons (Fsp3) is 0.211. The lowest BCUT2D eigenvalue weighted by atomic mass is 9.95. The molecule has 0 aliphatic rings. The van der Waals surface area contributed by atoms with Gasteiger partial charge >= 0.3 is 5.97 Å². The van der Waals surface area contributed by atoms with Gasteiger partial charge in [0.15, 0.2) is 0 Å². The van der Waals surface area contributed by atoms with Crippen molar-refractivity contribution in [3.8, 4) is 5.75 Å². The summed E-state index contributed by atoms with van der Waals surface area (Å²) in [5, 5.41) is 9.55. The van der Waals surface area contributed by atoms with Crippen LogP contribution in [-0.2, 0) is 4.79 Å². The van der Waals surface area contributed by atoms with Gasteiger partial charge in [0.2, 0.25) is 0 Å². The van der Waals surface area contributed by atoms with Crippen molar-refractivity contribution in [1.29, 1.82) is 0 Å². The van der Waals surface area contributed by atoms with Crippen LogP contribution in [0.15, 0.2) is 36.4 Å². The summed E-state index contributed by atoms with van der Waals surface area (Å²) in [4.78, 5) is 11.6. The van der Waals surface area contributed by atoms with E-state index >= 15 is 0 Å². The first-order valence-electron chi connectivity index (χ1n) is 7.09. The zero-order chi connectivity index (χ0) is 16.3. The van der Waals surface area contributed by atoms with Crippen LogP contribution in [0.2, 0.25) is 0 Å². The Bertz CT molecular complexity index is 702. The van der Waals surface area contributed by atoms with Crippen molar-refractivity contribution < 1.29 is 14.6 Å². The van der Waals surface area contributed by atoms with E-state index in [-0.39, 0.29) is 5.57 Å². The summed E-state index contributed by atoms with van der Waals surface area (Å²) in [5.41, 5.74) is 5.22. The largest absolute Gasteiger partial charge is 0.497 e. The van der Waals surface area contributed by atoms with Crippen molar-refractivity contribution in [3.05, 3.63) is 64.2 Å². The molecule has 0 fully saturated rings. The molecule has 0 amide bonds. The number of carbonyl (C=O) groups is 1. The van der Waals surface area contributed by atoms with E-state index in [2.05, 4.69) is 0 Å². The molecule has 0 spiro atoms. The Hall–Kier alpha value is -2.55. The topological polar surface area (TPSA) is 46.5 Å². The zero-order valence-electron chi connectivity index (χ0n) is 13.3. The second-order valence-electron chi connectivity index (χ2n) is 5.37. The molecular formula is C19H20O3. The standard InChI is InChI=1S/C19H20O3/c1-12-9-16(10-13(2)14(12)3)18(19(20)21)11-15-5-7-17(22-4)8-6-15/h5-11H,1-4H3,(H,20,21)/b18-11+. The molecule has 0 saturated carbocycles. The van der Waals surface area contributed by atoms with E-state index in [1.807, 2.05) is 57.2 Å². The van der Waals surface area contributed by atoms with E-state index < -0.39 is 5.97 Å².